The quantitative estimate of drug-likeness (QED) is 0.665. The van der Waals surface area contributed by atoms with Crippen molar-refractivity contribution in [3.8, 4) is 0 Å². The largest absolute Gasteiger partial charge is 0.478 e. The highest BCUT2D eigenvalue weighted by Crippen LogP contribution is 2.25. The van der Waals surface area contributed by atoms with Gasteiger partial charge >= 0.3 is 5.97 Å². The topological polar surface area (TPSA) is 90.5 Å². The molecule has 25 heavy (non-hydrogen) atoms. The zero-order valence-corrected chi connectivity index (χ0v) is 13.9. The molecule has 1 aliphatic rings. The van der Waals surface area contributed by atoms with Crippen molar-refractivity contribution in [3.63, 3.8) is 0 Å². The van der Waals surface area contributed by atoms with Gasteiger partial charge in [0.2, 0.25) is 5.91 Å². The molecule has 2 aromatic rings. The van der Waals surface area contributed by atoms with Crippen LogP contribution < -0.4 is 16.2 Å². The smallest absolute Gasteiger partial charge is 0.335 e. The number of amides is 1. The zero-order valence-electron chi connectivity index (χ0n) is 13.9. The van der Waals surface area contributed by atoms with E-state index in [4.69, 9.17) is 0 Å². The van der Waals surface area contributed by atoms with E-state index in [1.165, 1.54) is 6.07 Å². The van der Waals surface area contributed by atoms with E-state index < -0.39 is 5.97 Å². The molecule has 1 amide bonds. The molecule has 0 spiro atoms. The maximum Gasteiger partial charge on any atom is 0.335 e. The third-order valence-corrected chi connectivity index (χ3v) is 4.46. The van der Waals surface area contributed by atoms with Crippen LogP contribution in [-0.2, 0) is 11.2 Å². The Hall–Kier alpha value is -2.70. The van der Waals surface area contributed by atoms with E-state index >= 15 is 0 Å². The Balaban J connectivity index is 1.71. The summed E-state index contributed by atoms with van der Waals surface area (Å²) in [5.74, 6) is -1.16. The number of carboxylic acids is 1. The summed E-state index contributed by atoms with van der Waals surface area (Å²) in [5.41, 5.74) is 8.06. The lowest BCUT2D eigenvalue weighted by Gasteiger charge is -2.22. The molecular weight excluding hydrogens is 318 g/mol. The summed E-state index contributed by atoms with van der Waals surface area (Å²) in [5, 5.41) is 12.2. The summed E-state index contributed by atoms with van der Waals surface area (Å²) in [4.78, 5) is 23.7. The monoisotopic (exact) mass is 339 g/mol. The van der Waals surface area contributed by atoms with Gasteiger partial charge in [-0.1, -0.05) is 48.5 Å². The summed E-state index contributed by atoms with van der Waals surface area (Å²) in [7, 11) is 0. The average molecular weight is 339 g/mol. The summed E-state index contributed by atoms with van der Waals surface area (Å²) in [6, 6.07) is 16.7. The summed E-state index contributed by atoms with van der Waals surface area (Å²) in [6.07, 6.45) is -0.238. The maximum absolute atomic E-state index is 12.5. The molecule has 0 aromatic heterocycles. The van der Waals surface area contributed by atoms with Crippen LogP contribution in [0.3, 0.4) is 0 Å². The molecule has 130 valence electrons. The van der Waals surface area contributed by atoms with Gasteiger partial charge < -0.3 is 10.4 Å². The molecule has 1 fully saturated rings. The number of nitrogens with one attached hydrogen (secondary N) is 3. The molecule has 2 aromatic carbocycles. The standard InChI is InChI=1S/C19H21N3O3/c1-12-17(13-7-3-2-4-8-13)18(22-21-12)20-16(23)11-14-9-5-6-10-15(14)19(24)25/h2-10,12,17-18,21-22H,11H2,1H3,(H,20,23)(H,24,25). The third-order valence-electron chi connectivity index (χ3n) is 4.46. The van der Waals surface area contributed by atoms with Gasteiger partial charge in [-0.3, -0.25) is 10.2 Å². The average Bonchev–Trinajstić information content (AvgIpc) is 2.96. The Kier molecular flexibility index (Phi) is 5.11. The van der Waals surface area contributed by atoms with Gasteiger partial charge in [0, 0.05) is 12.0 Å². The van der Waals surface area contributed by atoms with Crippen LogP contribution in [0.15, 0.2) is 54.6 Å². The van der Waals surface area contributed by atoms with Crippen LogP contribution in [0.4, 0.5) is 0 Å². The predicted molar refractivity (Wildman–Crippen MR) is 94.0 cm³/mol. The SMILES string of the molecule is CC1NNC(NC(=O)Cc2ccccc2C(=O)O)C1c1ccccc1. The van der Waals surface area contributed by atoms with Gasteiger partial charge in [-0.05, 0) is 24.1 Å². The van der Waals surface area contributed by atoms with Crippen LogP contribution in [0, 0.1) is 0 Å². The molecule has 1 heterocycles. The normalized spacial score (nSPS) is 22.5. The van der Waals surface area contributed by atoms with Crippen LogP contribution >= 0.6 is 0 Å². The van der Waals surface area contributed by atoms with Crippen molar-refractivity contribution in [2.75, 3.05) is 0 Å². The van der Waals surface area contributed by atoms with Gasteiger partial charge in [-0.15, -0.1) is 0 Å². The number of aromatic carboxylic acids is 1. The second-order valence-electron chi connectivity index (χ2n) is 6.20. The van der Waals surface area contributed by atoms with Crippen LogP contribution in [0.1, 0.15) is 34.3 Å². The summed E-state index contributed by atoms with van der Waals surface area (Å²) < 4.78 is 0. The molecule has 3 rings (SSSR count). The molecule has 3 atom stereocenters. The molecule has 0 radical (unpaired) electrons. The van der Waals surface area contributed by atoms with Crippen LogP contribution in [0.5, 0.6) is 0 Å². The molecule has 1 saturated heterocycles. The zero-order chi connectivity index (χ0) is 17.8. The Morgan fingerprint density at radius 2 is 1.72 bits per heavy atom. The van der Waals surface area contributed by atoms with E-state index in [0.29, 0.717) is 5.56 Å². The first-order valence-corrected chi connectivity index (χ1v) is 8.23. The number of carboxylic acid groups (broad SMARTS) is 1. The molecule has 6 nitrogen and oxygen atoms in total. The summed E-state index contributed by atoms with van der Waals surface area (Å²) >= 11 is 0. The van der Waals surface area contributed by atoms with Crippen molar-refractivity contribution in [1.82, 2.24) is 16.2 Å². The molecule has 4 N–H and O–H groups in total. The maximum atomic E-state index is 12.5. The van der Waals surface area contributed by atoms with E-state index in [9.17, 15) is 14.7 Å². The number of benzene rings is 2. The second-order valence-corrected chi connectivity index (χ2v) is 6.20. The van der Waals surface area contributed by atoms with E-state index in [1.807, 2.05) is 30.3 Å². The van der Waals surface area contributed by atoms with Crippen molar-refractivity contribution < 1.29 is 14.7 Å². The molecular formula is C19H21N3O3. The first-order valence-electron chi connectivity index (χ1n) is 8.23. The second kappa shape index (κ2) is 7.46. The van der Waals surface area contributed by atoms with Crippen molar-refractivity contribution in [3.05, 3.63) is 71.3 Å². The fourth-order valence-electron chi connectivity index (χ4n) is 3.25. The van der Waals surface area contributed by atoms with E-state index in [1.54, 1.807) is 18.2 Å². The number of rotatable bonds is 5. The predicted octanol–water partition coefficient (Wildman–Crippen LogP) is 1.65. The number of carbonyl (C=O) groups is 2. The number of hydrazine groups is 1. The lowest BCUT2D eigenvalue weighted by molar-refractivity contribution is -0.121. The first-order chi connectivity index (χ1) is 12.1. The Morgan fingerprint density at radius 3 is 2.44 bits per heavy atom. The van der Waals surface area contributed by atoms with Gasteiger partial charge in [-0.25, -0.2) is 10.2 Å². The van der Waals surface area contributed by atoms with Crippen molar-refractivity contribution >= 4 is 11.9 Å². The van der Waals surface area contributed by atoms with Gasteiger partial charge in [-0.2, -0.15) is 0 Å². The van der Waals surface area contributed by atoms with E-state index in [0.717, 1.165) is 5.56 Å². The minimum atomic E-state index is -1.03. The fraction of sp³-hybridized carbons (Fsp3) is 0.263. The molecule has 0 aliphatic carbocycles. The van der Waals surface area contributed by atoms with Crippen LogP contribution in [-0.4, -0.2) is 29.2 Å². The Labute approximate surface area is 146 Å². The molecule has 0 bridgehead atoms. The highest BCUT2D eigenvalue weighted by molar-refractivity contribution is 5.91. The third kappa shape index (κ3) is 3.87. The Morgan fingerprint density at radius 1 is 1.04 bits per heavy atom. The highest BCUT2D eigenvalue weighted by atomic mass is 16.4. The number of carbonyl (C=O) groups excluding carboxylic acids is 1. The lowest BCUT2D eigenvalue weighted by Crippen LogP contribution is -2.46. The van der Waals surface area contributed by atoms with Gasteiger partial charge in [0.05, 0.1) is 12.0 Å². The molecule has 0 saturated carbocycles. The van der Waals surface area contributed by atoms with Gasteiger partial charge in [0.25, 0.3) is 0 Å². The number of hydrogen-bond donors (Lipinski definition) is 4. The van der Waals surface area contributed by atoms with E-state index in [-0.39, 0.29) is 36.0 Å². The lowest BCUT2D eigenvalue weighted by atomic mass is 9.91. The van der Waals surface area contributed by atoms with Gasteiger partial charge in [0.1, 0.15) is 6.17 Å². The van der Waals surface area contributed by atoms with Crippen molar-refractivity contribution in [1.29, 1.82) is 0 Å². The van der Waals surface area contributed by atoms with Gasteiger partial charge in [0.15, 0.2) is 0 Å². The molecule has 3 unspecified atom stereocenters. The summed E-state index contributed by atoms with van der Waals surface area (Å²) in [6.45, 7) is 2.05. The Bertz CT molecular complexity index is 764. The van der Waals surface area contributed by atoms with Crippen LogP contribution in [0.25, 0.3) is 0 Å². The van der Waals surface area contributed by atoms with Crippen LogP contribution in [0.2, 0.25) is 0 Å². The molecule has 6 heteroatoms. The minimum Gasteiger partial charge on any atom is -0.478 e. The van der Waals surface area contributed by atoms with E-state index in [2.05, 4.69) is 23.1 Å². The fourth-order valence-corrected chi connectivity index (χ4v) is 3.25. The highest BCUT2D eigenvalue weighted by Gasteiger charge is 2.35. The van der Waals surface area contributed by atoms with Crippen molar-refractivity contribution in [2.24, 2.45) is 0 Å². The van der Waals surface area contributed by atoms with Crippen molar-refractivity contribution in [2.45, 2.75) is 31.5 Å². The number of hydrogen-bond acceptors (Lipinski definition) is 4. The minimum absolute atomic E-state index is 0.0243. The first kappa shape index (κ1) is 17.1. The molecule has 1 aliphatic heterocycles.